The van der Waals surface area contributed by atoms with Crippen molar-refractivity contribution in [3.8, 4) is 0 Å². The maximum atomic E-state index is 13.0. The minimum atomic E-state index is -0.181. The standard InChI is InChI=1S/C16H25FN2S/c1-12-13(2)20-9-8-19(12)16(3,11-18)10-14-4-6-15(17)7-5-14/h4-7,12-13H,8-11,18H2,1-3H3. The van der Waals surface area contributed by atoms with E-state index in [1.54, 1.807) is 0 Å². The van der Waals surface area contributed by atoms with Crippen LogP contribution in [0.4, 0.5) is 4.39 Å². The third-order valence-corrected chi connectivity index (χ3v) is 5.85. The summed E-state index contributed by atoms with van der Waals surface area (Å²) >= 11 is 2.03. The maximum Gasteiger partial charge on any atom is 0.123 e. The normalized spacial score (nSPS) is 27.2. The third kappa shape index (κ3) is 3.35. The van der Waals surface area contributed by atoms with Crippen LogP contribution in [0, 0.1) is 5.82 Å². The van der Waals surface area contributed by atoms with E-state index in [0.29, 0.717) is 17.8 Å². The molecule has 1 aliphatic rings. The van der Waals surface area contributed by atoms with Crippen molar-refractivity contribution in [3.63, 3.8) is 0 Å². The molecule has 4 heteroatoms. The first-order valence-corrected chi connectivity index (χ1v) is 8.34. The van der Waals surface area contributed by atoms with E-state index in [1.807, 2.05) is 23.9 Å². The van der Waals surface area contributed by atoms with Gasteiger partial charge in [-0.05, 0) is 38.0 Å². The summed E-state index contributed by atoms with van der Waals surface area (Å²) in [5, 5.41) is 0.628. The smallest absolute Gasteiger partial charge is 0.123 e. The van der Waals surface area contributed by atoms with Crippen LogP contribution in [-0.4, -0.2) is 40.6 Å². The van der Waals surface area contributed by atoms with E-state index in [1.165, 1.54) is 12.1 Å². The van der Waals surface area contributed by atoms with Crippen molar-refractivity contribution < 1.29 is 4.39 Å². The number of nitrogens with two attached hydrogens (primary N) is 1. The summed E-state index contributed by atoms with van der Waals surface area (Å²) in [5.74, 6) is 0.976. The minimum absolute atomic E-state index is 0.0630. The fraction of sp³-hybridized carbons (Fsp3) is 0.625. The quantitative estimate of drug-likeness (QED) is 0.926. The lowest BCUT2D eigenvalue weighted by atomic mass is 9.89. The molecule has 0 amide bonds. The van der Waals surface area contributed by atoms with Gasteiger partial charge in [0.05, 0.1) is 0 Å². The van der Waals surface area contributed by atoms with E-state index in [0.717, 1.165) is 24.3 Å². The molecular weight excluding hydrogens is 271 g/mol. The monoisotopic (exact) mass is 296 g/mol. The number of thioether (sulfide) groups is 1. The molecule has 3 atom stereocenters. The highest BCUT2D eigenvalue weighted by Crippen LogP contribution is 2.31. The van der Waals surface area contributed by atoms with Crippen LogP contribution in [0.5, 0.6) is 0 Å². The summed E-state index contributed by atoms with van der Waals surface area (Å²) in [5.41, 5.74) is 7.19. The molecule has 0 saturated carbocycles. The van der Waals surface area contributed by atoms with Gasteiger partial charge in [0.2, 0.25) is 0 Å². The van der Waals surface area contributed by atoms with Gasteiger partial charge in [-0.3, -0.25) is 4.90 Å². The lowest BCUT2D eigenvalue weighted by Crippen LogP contribution is -2.60. The van der Waals surface area contributed by atoms with Crippen LogP contribution in [0.3, 0.4) is 0 Å². The van der Waals surface area contributed by atoms with Crippen LogP contribution >= 0.6 is 11.8 Å². The average molecular weight is 296 g/mol. The molecule has 0 bridgehead atoms. The van der Waals surface area contributed by atoms with Crippen LogP contribution in [0.2, 0.25) is 0 Å². The van der Waals surface area contributed by atoms with Gasteiger partial charge >= 0.3 is 0 Å². The highest BCUT2D eigenvalue weighted by Gasteiger charge is 2.37. The van der Waals surface area contributed by atoms with Crippen LogP contribution in [0.15, 0.2) is 24.3 Å². The number of hydrogen-bond donors (Lipinski definition) is 1. The maximum absolute atomic E-state index is 13.0. The number of halogens is 1. The predicted molar refractivity (Wildman–Crippen MR) is 85.7 cm³/mol. The summed E-state index contributed by atoms with van der Waals surface area (Å²) in [4.78, 5) is 2.54. The molecule has 0 aromatic heterocycles. The number of rotatable bonds is 4. The topological polar surface area (TPSA) is 29.3 Å². The van der Waals surface area contributed by atoms with Crippen molar-refractivity contribution in [2.24, 2.45) is 5.73 Å². The van der Waals surface area contributed by atoms with E-state index in [-0.39, 0.29) is 11.4 Å². The minimum Gasteiger partial charge on any atom is -0.329 e. The van der Waals surface area contributed by atoms with Crippen LogP contribution < -0.4 is 5.73 Å². The fourth-order valence-electron chi connectivity index (χ4n) is 3.03. The molecule has 3 unspecified atom stereocenters. The first kappa shape index (κ1) is 15.8. The molecule has 1 heterocycles. The van der Waals surface area contributed by atoms with Crippen LogP contribution in [0.25, 0.3) is 0 Å². The largest absolute Gasteiger partial charge is 0.329 e. The Balaban J connectivity index is 2.17. The van der Waals surface area contributed by atoms with Gasteiger partial charge < -0.3 is 5.73 Å². The Morgan fingerprint density at radius 2 is 2.00 bits per heavy atom. The van der Waals surface area contributed by atoms with Gasteiger partial charge in [0.1, 0.15) is 5.82 Å². The van der Waals surface area contributed by atoms with Gasteiger partial charge in [0, 0.05) is 35.7 Å². The lowest BCUT2D eigenvalue weighted by Gasteiger charge is -2.49. The molecule has 1 aromatic carbocycles. The second-order valence-electron chi connectivity index (χ2n) is 6.01. The molecule has 2 rings (SSSR count). The highest BCUT2D eigenvalue weighted by atomic mass is 32.2. The van der Waals surface area contributed by atoms with Crippen molar-refractivity contribution >= 4 is 11.8 Å². The Bertz CT molecular complexity index is 437. The molecule has 2 nitrogen and oxygen atoms in total. The Hall–Kier alpha value is -0.580. The Kier molecular flexibility index (Phi) is 5.10. The van der Waals surface area contributed by atoms with Crippen molar-refractivity contribution in [2.75, 3.05) is 18.8 Å². The summed E-state index contributed by atoms with van der Waals surface area (Å²) in [7, 11) is 0. The molecule has 2 N–H and O–H groups in total. The molecule has 0 radical (unpaired) electrons. The van der Waals surface area contributed by atoms with Gasteiger partial charge in [-0.1, -0.05) is 19.1 Å². The van der Waals surface area contributed by atoms with E-state index < -0.39 is 0 Å². The molecule has 1 aliphatic heterocycles. The van der Waals surface area contributed by atoms with Gasteiger partial charge in [-0.2, -0.15) is 11.8 Å². The summed E-state index contributed by atoms with van der Waals surface area (Å²) in [6, 6.07) is 7.32. The molecule has 0 aliphatic carbocycles. The molecule has 1 aromatic rings. The van der Waals surface area contributed by atoms with Crippen molar-refractivity contribution in [1.29, 1.82) is 0 Å². The molecular formula is C16H25FN2S. The van der Waals surface area contributed by atoms with Crippen LogP contribution in [-0.2, 0) is 6.42 Å². The lowest BCUT2D eigenvalue weighted by molar-refractivity contribution is 0.0714. The second kappa shape index (κ2) is 6.46. The Labute approximate surface area is 125 Å². The fourth-order valence-corrected chi connectivity index (χ4v) is 4.13. The average Bonchev–Trinajstić information content (AvgIpc) is 2.44. The Morgan fingerprint density at radius 1 is 1.35 bits per heavy atom. The molecule has 20 heavy (non-hydrogen) atoms. The first-order valence-electron chi connectivity index (χ1n) is 7.29. The third-order valence-electron chi connectivity index (χ3n) is 4.52. The van der Waals surface area contributed by atoms with Crippen molar-refractivity contribution in [3.05, 3.63) is 35.6 Å². The van der Waals surface area contributed by atoms with Crippen LogP contribution in [0.1, 0.15) is 26.3 Å². The number of nitrogens with zero attached hydrogens (tertiary/aromatic N) is 1. The van der Waals surface area contributed by atoms with Crippen molar-refractivity contribution in [2.45, 2.75) is 44.0 Å². The van der Waals surface area contributed by atoms with Gasteiger partial charge in [-0.25, -0.2) is 4.39 Å². The van der Waals surface area contributed by atoms with Crippen molar-refractivity contribution in [1.82, 2.24) is 4.90 Å². The van der Waals surface area contributed by atoms with Gasteiger partial charge in [-0.15, -0.1) is 0 Å². The molecule has 0 spiro atoms. The predicted octanol–water partition coefficient (Wildman–Crippen LogP) is 2.91. The van der Waals surface area contributed by atoms with E-state index in [2.05, 4.69) is 25.7 Å². The van der Waals surface area contributed by atoms with E-state index in [4.69, 9.17) is 5.73 Å². The SMILES string of the molecule is CC1SCCN(C(C)(CN)Cc2ccc(F)cc2)C1C. The first-order chi connectivity index (χ1) is 9.46. The summed E-state index contributed by atoms with van der Waals surface area (Å²) < 4.78 is 13.0. The second-order valence-corrected chi connectivity index (χ2v) is 7.50. The zero-order valence-corrected chi connectivity index (χ0v) is 13.4. The number of hydrogen-bond acceptors (Lipinski definition) is 3. The summed E-state index contributed by atoms with van der Waals surface area (Å²) in [6.45, 7) is 8.50. The zero-order valence-electron chi connectivity index (χ0n) is 12.6. The number of benzene rings is 1. The molecule has 1 fully saturated rings. The zero-order chi connectivity index (χ0) is 14.8. The van der Waals surface area contributed by atoms with Gasteiger partial charge in [0.25, 0.3) is 0 Å². The van der Waals surface area contributed by atoms with E-state index >= 15 is 0 Å². The highest BCUT2D eigenvalue weighted by molar-refractivity contribution is 8.00. The molecule has 112 valence electrons. The molecule has 1 saturated heterocycles. The summed E-state index contributed by atoms with van der Waals surface area (Å²) in [6.07, 6.45) is 0.867. The van der Waals surface area contributed by atoms with E-state index in [9.17, 15) is 4.39 Å². The Morgan fingerprint density at radius 3 is 2.60 bits per heavy atom. The van der Waals surface area contributed by atoms with Gasteiger partial charge in [0.15, 0.2) is 0 Å².